The van der Waals surface area contributed by atoms with E-state index in [1.54, 1.807) is 0 Å². The first-order valence-electron chi connectivity index (χ1n) is 8.68. The van der Waals surface area contributed by atoms with Crippen molar-refractivity contribution in [1.82, 2.24) is 20.3 Å². The van der Waals surface area contributed by atoms with E-state index >= 15 is 0 Å². The van der Waals surface area contributed by atoms with Gasteiger partial charge in [-0.1, -0.05) is 52.6 Å². The zero-order chi connectivity index (χ0) is 22.0. The van der Waals surface area contributed by atoms with Crippen LogP contribution in [0.4, 0.5) is 0 Å². The molecule has 5 N–H and O–H groups in total. The Kier molecular flexibility index (Phi) is 39.4. The average Bonchev–Trinajstić information content (AvgIpc) is 2.73. The van der Waals surface area contributed by atoms with Crippen molar-refractivity contribution in [3.63, 3.8) is 0 Å². The first kappa shape index (κ1) is 45.2. The molecule has 1 rings (SSSR count). The predicted molar refractivity (Wildman–Crippen MR) is 145 cm³/mol. The van der Waals surface area contributed by atoms with Gasteiger partial charge in [0.25, 0.3) is 0 Å². The molecule has 0 spiro atoms. The molecule has 0 bridgehead atoms. The molecule has 0 aliphatic rings. The second kappa shape index (κ2) is 28.8. The van der Waals surface area contributed by atoms with Crippen LogP contribution in [-0.2, 0) is 20.3 Å². The Bertz CT molecular complexity index is 611. The van der Waals surface area contributed by atoms with Crippen LogP contribution in [0.3, 0.4) is 0 Å². The van der Waals surface area contributed by atoms with Crippen molar-refractivity contribution in [3.05, 3.63) is 35.9 Å². The number of rotatable bonds is 15. The predicted octanol–water partition coefficient (Wildman–Crippen LogP) is 2.74. The summed E-state index contributed by atoms with van der Waals surface area (Å²) in [5, 5.41) is 10.3. The van der Waals surface area contributed by atoms with Gasteiger partial charge in [0.15, 0.2) is 0 Å². The van der Waals surface area contributed by atoms with Crippen LogP contribution in [-0.4, -0.2) is 54.6 Å². The number of hydrogen-bond donors (Lipinski definition) is 5. The maximum Gasteiger partial charge on any atom is 1.00 e. The average molecular weight is 620 g/mol. The maximum atomic E-state index is 12.3. The van der Waals surface area contributed by atoms with Crippen molar-refractivity contribution in [3.8, 4) is 0 Å². The molecule has 33 heavy (non-hydrogen) atoms. The summed E-state index contributed by atoms with van der Waals surface area (Å²) in [4.78, 5) is 8.99. The van der Waals surface area contributed by atoms with E-state index in [0.717, 1.165) is 5.56 Å². The molecule has 1 aromatic carbocycles. The van der Waals surface area contributed by atoms with Crippen molar-refractivity contribution in [2.24, 2.45) is 0 Å². The first-order valence-corrected chi connectivity index (χ1v) is 14.1. The van der Waals surface area contributed by atoms with Gasteiger partial charge >= 0.3 is 66.7 Å². The van der Waals surface area contributed by atoms with Crippen molar-refractivity contribution >= 4 is 61.7 Å². The quantitative estimate of drug-likeness (QED) is 0.116. The molecule has 0 heterocycles. The molecule has 0 aliphatic carbocycles. The van der Waals surface area contributed by atoms with Gasteiger partial charge in [0, 0.05) is 49.7 Å². The molecule has 0 atom stereocenters. The molecule has 196 valence electrons. The van der Waals surface area contributed by atoms with Crippen molar-refractivity contribution < 1.29 is 71.4 Å². The number of nitrogens with one attached hydrogen (secondary N) is 4. The maximum absolute atomic E-state index is 12.3. The van der Waals surface area contributed by atoms with Crippen LogP contribution in [0.5, 0.6) is 0 Å². The second-order valence-electron chi connectivity index (χ2n) is 5.27. The summed E-state index contributed by atoms with van der Waals surface area (Å²) in [6.45, 7) is 1.67. The molecule has 0 amide bonds. The van der Waals surface area contributed by atoms with Crippen molar-refractivity contribution in [2.75, 3.05) is 49.7 Å². The topological polar surface area (TPSA) is 112 Å². The fraction of sp³-hybridized carbons (Fsp3) is 0.667. The molecule has 15 heteroatoms. The molecule has 0 aromatic heterocycles. The molecular weight excluding hydrogens is 579 g/mol. The van der Waals surface area contributed by atoms with Crippen LogP contribution in [0, 0.1) is 0 Å². The normalized spacial score (nSPS) is 10.3. The molecule has 8 nitrogen and oxygen atoms in total. The molecule has 1 aromatic rings. The third-order valence-corrected chi connectivity index (χ3v) is 6.76. The van der Waals surface area contributed by atoms with Gasteiger partial charge in [-0.15, -0.1) is 46.4 Å². The fourth-order valence-electron chi connectivity index (χ4n) is 1.71. The summed E-state index contributed by atoms with van der Waals surface area (Å²) in [7, 11) is -6.48. The van der Waals surface area contributed by atoms with E-state index in [1.165, 1.54) is 0 Å². The summed E-state index contributed by atoms with van der Waals surface area (Å²) in [6.07, 6.45) is 0. The number of hydrogen-bond acceptors (Lipinski definition) is 3. The Morgan fingerprint density at radius 1 is 0.758 bits per heavy atom. The molecule has 0 saturated carbocycles. The van der Waals surface area contributed by atoms with Gasteiger partial charge in [0.05, 0.1) is 6.61 Å². The Labute approximate surface area is 265 Å². The summed E-state index contributed by atoms with van der Waals surface area (Å²) < 4.78 is 28.7. The Hall–Kier alpha value is 2.24. The summed E-state index contributed by atoms with van der Waals surface area (Å²) in [5.41, 5.74) is 0.957. The van der Waals surface area contributed by atoms with Crippen LogP contribution in [0.15, 0.2) is 30.3 Å². The zero-order valence-corrected chi connectivity index (χ0v) is 24.8. The monoisotopic (exact) mass is 618 g/mol. The first-order chi connectivity index (χ1) is 13.8. The van der Waals surface area contributed by atoms with E-state index in [0.29, 0.717) is 49.7 Å². The number of halogens is 4. The molecule has 0 aliphatic heterocycles. The summed E-state index contributed by atoms with van der Waals surface area (Å²) >= 11 is 21.7. The summed E-state index contributed by atoms with van der Waals surface area (Å²) in [5.74, 6) is 1.32. The van der Waals surface area contributed by atoms with E-state index in [9.17, 15) is 9.13 Å². The van der Waals surface area contributed by atoms with Gasteiger partial charge in [-0.05, 0) is 5.56 Å². The van der Waals surface area contributed by atoms with Crippen LogP contribution < -0.4 is 71.7 Å². The number of benzene rings is 1. The third-order valence-electron chi connectivity index (χ3n) is 2.93. The van der Waals surface area contributed by atoms with Gasteiger partial charge in [-0.25, -0.2) is 20.3 Å². The molecule has 0 fully saturated rings. The Morgan fingerprint density at radius 3 is 1.48 bits per heavy atom. The van der Waals surface area contributed by atoms with Crippen molar-refractivity contribution in [2.45, 2.75) is 28.9 Å². The van der Waals surface area contributed by atoms with Gasteiger partial charge in [-0.3, -0.25) is 9.13 Å². The van der Waals surface area contributed by atoms with Crippen LogP contribution in [0.2, 0.25) is 0 Å². The molecule has 0 radical (unpaired) electrons. The second-order valence-corrected chi connectivity index (χ2v) is 10.6. The van der Waals surface area contributed by atoms with E-state index in [1.807, 2.05) is 30.3 Å². The van der Waals surface area contributed by atoms with E-state index in [2.05, 4.69) is 20.3 Å². The van der Waals surface area contributed by atoms with Gasteiger partial charge in [0.1, 0.15) is 0 Å². The molecule has 0 unspecified atom stereocenters. The third kappa shape index (κ3) is 27.1. The molecular formula is C18H41Cl4KN4O4P2. The number of alkyl halides is 4. The minimum Gasteiger partial charge on any atom is -1.00 e. The fourth-order valence-corrected chi connectivity index (χ4v) is 4.99. The Morgan fingerprint density at radius 2 is 1.12 bits per heavy atom. The molecule has 0 saturated heterocycles. The minimum absolute atomic E-state index is 0. The van der Waals surface area contributed by atoms with Gasteiger partial charge < -0.3 is 10.8 Å². The SMILES string of the molecule is C.C.C.O=P(NCCCl)(NCCCl)OCc1ccccc1.O=P(O)(NCCCl)NCCCl.[H-].[K+]. The largest absolute Gasteiger partial charge is 1.00 e. The minimum atomic E-state index is -3.39. The van der Waals surface area contributed by atoms with E-state index in [-0.39, 0.29) is 81.7 Å². The Balaban J connectivity index is -0.000000109. The van der Waals surface area contributed by atoms with Crippen LogP contribution >= 0.6 is 61.7 Å². The smallest absolute Gasteiger partial charge is 1.00 e. The van der Waals surface area contributed by atoms with E-state index < -0.39 is 15.3 Å². The zero-order valence-electron chi connectivity index (χ0n) is 17.8. The van der Waals surface area contributed by atoms with E-state index in [4.69, 9.17) is 55.8 Å². The summed E-state index contributed by atoms with van der Waals surface area (Å²) in [6, 6.07) is 9.55. The standard InChI is InChI=1S/C11H17Cl2N2O2P.C4H11Cl2N2O2P.3CH4.K.H/c12-6-8-14-18(16,15-9-7-13)17-10-11-4-2-1-3-5-11;5-1-3-7-11(9,10)8-4-2-6;;;;;/h1-5H,6-10H2,(H2,14,15,16);1-4H2,(H3,7,8,9,10);3*1H4;;/q;;;;;+1;-1. The van der Waals surface area contributed by atoms with Crippen molar-refractivity contribution in [1.29, 1.82) is 0 Å². The van der Waals surface area contributed by atoms with Crippen LogP contribution in [0.25, 0.3) is 0 Å². The van der Waals surface area contributed by atoms with Gasteiger partial charge in [0.2, 0.25) is 0 Å². The van der Waals surface area contributed by atoms with Gasteiger partial charge in [-0.2, -0.15) is 0 Å². The van der Waals surface area contributed by atoms with Crippen LogP contribution in [0.1, 0.15) is 29.3 Å².